The summed E-state index contributed by atoms with van der Waals surface area (Å²) < 4.78 is 110. The Hall–Kier alpha value is -7.21. The molecule has 0 bridgehead atoms. The fourth-order valence-corrected chi connectivity index (χ4v) is 9.16. The van der Waals surface area contributed by atoms with E-state index in [0.717, 1.165) is 90.0 Å². The van der Waals surface area contributed by atoms with Crippen LogP contribution in [0.2, 0.25) is 0 Å². The molecule has 84 heavy (non-hydrogen) atoms. The first-order valence-corrected chi connectivity index (χ1v) is 25.7. The summed E-state index contributed by atoms with van der Waals surface area (Å²) in [5, 5.41) is 13.6. The average molecular weight is 1210 g/mol. The van der Waals surface area contributed by atoms with Crippen LogP contribution in [0.5, 0.6) is 0 Å². The zero-order valence-corrected chi connectivity index (χ0v) is 47.9. The number of rotatable bonds is 23. The molecule has 0 spiro atoms. The third kappa shape index (κ3) is 20.5. The molecule has 0 aromatic carbocycles. The van der Waals surface area contributed by atoms with Crippen molar-refractivity contribution in [2.24, 2.45) is 0 Å². The Morgan fingerprint density at radius 1 is 0.298 bits per heavy atom. The predicted molar refractivity (Wildman–Crippen MR) is 260 cm³/mol. The normalized spacial score (nSPS) is 32.7. The number of hydrogen-bond acceptors (Lipinski definition) is 33. The second-order valence-corrected chi connectivity index (χ2v) is 19.0. The lowest BCUT2D eigenvalue weighted by molar-refractivity contribution is -0.380. The number of hydrogen-bond donors (Lipinski definition) is 2. The molecule has 1 unspecified atom stereocenters. The summed E-state index contributed by atoms with van der Waals surface area (Å²) in [6.07, 6.45) is -37.1. The Morgan fingerprint density at radius 2 is 0.560 bits per heavy atom. The van der Waals surface area contributed by atoms with Crippen LogP contribution in [-0.4, -0.2) is 232 Å². The van der Waals surface area contributed by atoms with E-state index in [9.17, 15) is 67.4 Å². The maximum Gasteiger partial charge on any atom is 0.303 e. The number of amides is 1. The number of carbonyl (C=O) groups is 13. The lowest BCUT2D eigenvalue weighted by Gasteiger charge is -2.51. The van der Waals surface area contributed by atoms with Crippen LogP contribution in [0.15, 0.2) is 0 Å². The van der Waals surface area contributed by atoms with Gasteiger partial charge in [-0.1, -0.05) is 0 Å². The van der Waals surface area contributed by atoms with Gasteiger partial charge in [-0.2, -0.15) is 0 Å². The van der Waals surface area contributed by atoms with Gasteiger partial charge in [-0.25, -0.2) is 0 Å². The van der Waals surface area contributed by atoms with Crippen LogP contribution in [0.1, 0.15) is 90.0 Å². The molecule has 4 heterocycles. The first-order valence-electron chi connectivity index (χ1n) is 25.7. The molecule has 0 aliphatic carbocycles. The highest BCUT2D eigenvalue weighted by Gasteiger charge is 2.61. The van der Waals surface area contributed by atoms with Crippen LogP contribution < -0.4 is 5.32 Å². The van der Waals surface area contributed by atoms with Gasteiger partial charge in [0.1, 0.15) is 75.2 Å². The second-order valence-electron chi connectivity index (χ2n) is 19.0. The number of carbonyl (C=O) groups excluding carboxylic acids is 13. The van der Waals surface area contributed by atoms with Crippen molar-refractivity contribution >= 4 is 77.5 Å². The molecule has 1 amide bonds. The Labute approximate surface area is 478 Å². The predicted octanol–water partition coefficient (Wildman–Crippen LogP) is -2.76. The van der Waals surface area contributed by atoms with Crippen molar-refractivity contribution in [3.05, 3.63) is 0 Å². The molecular formula is C50H69NO33. The molecular weight excluding hydrogens is 1140 g/mol. The highest BCUT2D eigenvalue weighted by atomic mass is 16.8. The van der Waals surface area contributed by atoms with E-state index in [0.29, 0.717) is 0 Å². The molecule has 0 aromatic rings. The minimum atomic E-state index is -2.20. The van der Waals surface area contributed by atoms with E-state index in [4.69, 9.17) is 90.0 Å². The van der Waals surface area contributed by atoms with Gasteiger partial charge in [0.15, 0.2) is 74.0 Å². The summed E-state index contributed by atoms with van der Waals surface area (Å²) in [5.41, 5.74) is 0. The highest BCUT2D eigenvalue weighted by Crippen LogP contribution is 2.39. The summed E-state index contributed by atoms with van der Waals surface area (Å²) >= 11 is 0. The van der Waals surface area contributed by atoms with E-state index in [-0.39, 0.29) is 0 Å². The summed E-state index contributed by atoms with van der Waals surface area (Å²) in [6, 6.07) is -1.96. The van der Waals surface area contributed by atoms with Crippen molar-refractivity contribution in [3.63, 3.8) is 0 Å². The number of aliphatic hydroxyl groups is 1. The van der Waals surface area contributed by atoms with E-state index >= 15 is 0 Å². The van der Waals surface area contributed by atoms with E-state index in [1.165, 1.54) is 0 Å². The van der Waals surface area contributed by atoms with Gasteiger partial charge >= 0.3 is 71.6 Å². The van der Waals surface area contributed by atoms with E-state index < -0.39 is 227 Å². The molecule has 4 fully saturated rings. The topological polar surface area (TPSA) is 430 Å². The van der Waals surface area contributed by atoms with Gasteiger partial charge in [0, 0.05) is 90.0 Å². The van der Waals surface area contributed by atoms with Crippen LogP contribution in [0.4, 0.5) is 0 Å². The van der Waals surface area contributed by atoms with E-state index in [1.54, 1.807) is 0 Å². The van der Waals surface area contributed by atoms with Gasteiger partial charge in [-0.15, -0.1) is 0 Å². The first kappa shape index (κ1) is 69.3. The molecule has 472 valence electrons. The van der Waals surface area contributed by atoms with E-state index in [1.807, 2.05) is 0 Å². The summed E-state index contributed by atoms with van der Waals surface area (Å²) in [5.74, 6) is -13.2. The molecule has 20 atom stereocenters. The Morgan fingerprint density at radius 3 is 0.917 bits per heavy atom. The zero-order chi connectivity index (χ0) is 63.0. The number of ether oxygens (including phenoxy) is 19. The van der Waals surface area contributed by atoms with Crippen molar-refractivity contribution in [2.75, 3.05) is 26.4 Å². The van der Waals surface area contributed by atoms with Gasteiger partial charge < -0.3 is 100 Å². The number of aliphatic hydroxyl groups excluding tert-OH is 1. The summed E-state index contributed by atoms with van der Waals surface area (Å²) in [4.78, 5) is 166. The highest BCUT2D eigenvalue weighted by molar-refractivity contribution is 5.74. The molecule has 34 nitrogen and oxygen atoms in total. The monoisotopic (exact) mass is 1210 g/mol. The summed E-state index contributed by atoms with van der Waals surface area (Å²) in [7, 11) is 0. The molecule has 2 N–H and O–H groups in total. The Kier molecular flexibility index (Phi) is 26.1. The molecule has 4 saturated heterocycles. The fraction of sp³-hybridized carbons (Fsp3) is 0.740. The lowest BCUT2D eigenvalue weighted by Crippen LogP contribution is -2.71. The van der Waals surface area contributed by atoms with Crippen molar-refractivity contribution in [1.29, 1.82) is 0 Å². The van der Waals surface area contributed by atoms with Gasteiger partial charge in [0.25, 0.3) is 0 Å². The van der Waals surface area contributed by atoms with Crippen LogP contribution >= 0.6 is 0 Å². The van der Waals surface area contributed by atoms with E-state index in [2.05, 4.69) is 5.32 Å². The van der Waals surface area contributed by atoms with Crippen molar-refractivity contribution in [1.82, 2.24) is 5.32 Å². The minimum Gasteiger partial charge on any atom is -0.463 e. The second kappa shape index (κ2) is 31.6. The maximum absolute atomic E-state index is 13.5. The molecule has 0 saturated carbocycles. The summed E-state index contributed by atoms with van der Waals surface area (Å²) in [6.45, 7) is 9.08. The molecule has 34 heteroatoms. The van der Waals surface area contributed by atoms with Crippen LogP contribution in [0, 0.1) is 0 Å². The molecule has 4 rings (SSSR count). The third-order valence-corrected chi connectivity index (χ3v) is 11.9. The van der Waals surface area contributed by atoms with Gasteiger partial charge in [-0.05, 0) is 0 Å². The Bertz CT molecular complexity index is 2410. The minimum absolute atomic E-state index is 0.768. The number of esters is 12. The number of nitrogens with one attached hydrogen (secondary N) is 1. The van der Waals surface area contributed by atoms with Crippen LogP contribution in [0.25, 0.3) is 0 Å². The van der Waals surface area contributed by atoms with Crippen LogP contribution in [-0.2, 0) is 152 Å². The SMILES string of the molecule is CC(=O)N[C@H]1[C@H](O[C@H]2[C@@H](OC(C)=O)[C@@H](COC(C)=O)O[C@@H](O[C@H]3[C@H](OC(C)=O)[C@@H](OC(C)=O)C(O)O[C@@H]3COC(C)=O)[C@@H]2OC(C)=O)O[C@H](COC(C)=O)[C@@H](OC(C)=O)[C@@H]1O[C@@H]1O[C@H](COC(C)=O)[C@H](OC(C)=O)[C@H](OC(C)=O)[C@H]1OC(C)=O. The fourth-order valence-electron chi connectivity index (χ4n) is 9.16. The standard InChI is InChI=1S/C50H69NO33/c1-18(52)51-35-40(83-50-45(76-29(12)63)42(74-27(10)61)37(71-24(7)58)33(81-50)16-68-21(4)55)36(70-23(6)57)32(15-67-20(3)54)79-48(35)84-43-38(72-25(8)59)34(17-69-22(5)56)80-49(46(43)77-30(13)64)82-39-31(14-66-19(2)53)78-47(65)44(75-28(11)62)41(39)73-26(9)60/h31-50,65H,14-17H2,1-13H3,(H,51,52)/t31-,32-,33-,34-,35-,36-,37+,38+,39-,40-,41+,42+,43+,44-,45-,46-,47?,48+,49+,50+/m1/s1. The first-order chi connectivity index (χ1) is 39.3. The maximum atomic E-state index is 13.5. The Balaban J connectivity index is 2.07. The zero-order valence-electron chi connectivity index (χ0n) is 47.9. The third-order valence-electron chi connectivity index (χ3n) is 11.9. The van der Waals surface area contributed by atoms with Crippen molar-refractivity contribution in [2.45, 2.75) is 213 Å². The van der Waals surface area contributed by atoms with Gasteiger partial charge in [0.05, 0.1) is 0 Å². The molecule has 4 aliphatic heterocycles. The van der Waals surface area contributed by atoms with Crippen LogP contribution in [0.3, 0.4) is 0 Å². The van der Waals surface area contributed by atoms with Crippen molar-refractivity contribution < 1.29 is 157 Å². The molecule has 0 aromatic heterocycles. The largest absolute Gasteiger partial charge is 0.463 e. The molecule has 4 aliphatic rings. The average Bonchev–Trinajstić information content (AvgIpc) is 2.30. The van der Waals surface area contributed by atoms with Crippen molar-refractivity contribution in [3.8, 4) is 0 Å². The smallest absolute Gasteiger partial charge is 0.303 e. The quantitative estimate of drug-likeness (QED) is 0.0773. The van der Waals surface area contributed by atoms with Gasteiger partial charge in [-0.3, -0.25) is 62.3 Å². The van der Waals surface area contributed by atoms with Gasteiger partial charge in [0.2, 0.25) is 5.91 Å². The molecule has 0 radical (unpaired) electrons. The lowest BCUT2D eigenvalue weighted by atomic mass is 9.93.